The first-order chi connectivity index (χ1) is 15.2. The molecule has 0 atom stereocenters. The fourth-order valence-corrected chi connectivity index (χ4v) is 4.30. The predicted octanol–water partition coefficient (Wildman–Crippen LogP) is 4.21. The van der Waals surface area contributed by atoms with Gasteiger partial charge in [0.25, 0.3) is 0 Å². The molecule has 32 heavy (non-hydrogen) atoms. The molecule has 166 valence electrons. The number of aromatic carboxylic acids is 1. The summed E-state index contributed by atoms with van der Waals surface area (Å²) in [7, 11) is 1.85. The van der Waals surface area contributed by atoms with E-state index in [-0.39, 0.29) is 11.3 Å². The standard InChI is InChI=1S/C22H19F3N4O3/c1-28-19-8-12(21(30)31)2-4-18(19)27-20(28)11-29-7-6-17-15(10-29)14-9-13(32-22(23,24)25)3-5-16(14)26-17/h2-5,8-9,26H,6-7,10-11H2,1H3,(H,30,31). The molecule has 5 rings (SSSR count). The SMILES string of the molecule is Cn1c(CN2CCc3[nH]c4ccc(OC(F)(F)F)cc4c3C2)nc2ccc(C(=O)O)cc21. The number of alkyl halides is 3. The summed E-state index contributed by atoms with van der Waals surface area (Å²) in [6.45, 7) is 1.84. The average Bonchev–Trinajstić information content (AvgIpc) is 3.24. The lowest BCUT2D eigenvalue weighted by atomic mass is 10.0. The summed E-state index contributed by atoms with van der Waals surface area (Å²) >= 11 is 0. The van der Waals surface area contributed by atoms with E-state index in [1.807, 2.05) is 11.6 Å². The van der Waals surface area contributed by atoms with Gasteiger partial charge in [0.05, 0.1) is 23.1 Å². The van der Waals surface area contributed by atoms with Gasteiger partial charge in [-0.15, -0.1) is 13.2 Å². The Balaban J connectivity index is 1.42. The minimum Gasteiger partial charge on any atom is -0.478 e. The number of hydrogen-bond donors (Lipinski definition) is 2. The van der Waals surface area contributed by atoms with Crippen molar-refractivity contribution >= 4 is 27.9 Å². The zero-order valence-electron chi connectivity index (χ0n) is 17.0. The number of aromatic nitrogens is 3. The van der Waals surface area contributed by atoms with Gasteiger partial charge in [-0.3, -0.25) is 4.90 Å². The number of nitrogens with zero attached hydrogens (tertiary/aromatic N) is 3. The summed E-state index contributed by atoms with van der Waals surface area (Å²) in [6.07, 6.45) is -4.01. The molecule has 0 amide bonds. The molecular weight excluding hydrogens is 425 g/mol. The smallest absolute Gasteiger partial charge is 0.478 e. The molecule has 3 heterocycles. The summed E-state index contributed by atoms with van der Waals surface area (Å²) in [5.41, 5.74) is 4.38. The first kappa shape index (κ1) is 20.4. The minimum absolute atomic E-state index is 0.199. The van der Waals surface area contributed by atoms with Crippen molar-refractivity contribution in [3.05, 3.63) is 59.0 Å². The molecule has 0 radical (unpaired) electrons. The first-order valence-electron chi connectivity index (χ1n) is 9.98. The number of rotatable bonds is 4. The molecule has 0 spiro atoms. The van der Waals surface area contributed by atoms with Crippen LogP contribution in [0, 0.1) is 0 Å². The summed E-state index contributed by atoms with van der Waals surface area (Å²) in [5.74, 6) is -0.452. The van der Waals surface area contributed by atoms with Crippen LogP contribution in [0.25, 0.3) is 21.9 Å². The van der Waals surface area contributed by atoms with Crippen molar-refractivity contribution in [1.29, 1.82) is 0 Å². The second-order valence-electron chi connectivity index (χ2n) is 7.89. The molecule has 1 aliphatic heterocycles. The van der Waals surface area contributed by atoms with Crippen LogP contribution < -0.4 is 4.74 Å². The molecule has 0 fully saturated rings. The van der Waals surface area contributed by atoms with E-state index in [0.29, 0.717) is 24.0 Å². The number of aryl methyl sites for hydroxylation is 1. The first-order valence-corrected chi connectivity index (χ1v) is 9.98. The van der Waals surface area contributed by atoms with Crippen molar-refractivity contribution in [2.45, 2.75) is 25.9 Å². The van der Waals surface area contributed by atoms with Gasteiger partial charge in [-0.05, 0) is 42.0 Å². The van der Waals surface area contributed by atoms with Gasteiger partial charge in [-0.25, -0.2) is 9.78 Å². The number of imidazole rings is 1. The fourth-order valence-electron chi connectivity index (χ4n) is 4.30. The van der Waals surface area contributed by atoms with E-state index in [1.54, 1.807) is 18.2 Å². The number of benzene rings is 2. The van der Waals surface area contributed by atoms with Gasteiger partial charge in [-0.1, -0.05) is 0 Å². The Bertz CT molecular complexity index is 1360. The highest BCUT2D eigenvalue weighted by molar-refractivity contribution is 5.92. The number of carboxylic acids is 1. The lowest BCUT2D eigenvalue weighted by Crippen LogP contribution is -2.30. The second-order valence-corrected chi connectivity index (χ2v) is 7.89. The number of halogens is 3. The normalized spacial score (nSPS) is 14.8. The maximum Gasteiger partial charge on any atom is 0.573 e. The molecule has 4 aromatic rings. The van der Waals surface area contributed by atoms with Crippen molar-refractivity contribution in [3.63, 3.8) is 0 Å². The maximum atomic E-state index is 12.6. The number of H-pyrrole nitrogens is 1. The van der Waals surface area contributed by atoms with E-state index in [4.69, 9.17) is 0 Å². The van der Waals surface area contributed by atoms with Gasteiger partial charge in [0.2, 0.25) is 0 Å². The third kappa shape index (κ3) is 3.66. The fraction of sp³-hybridized carbons (Fsp3) is 0.273. The molecule has 1 aliphatic rings. The van der Waals surface area contributed by atoms with Gasteiger partial charge in [0.1, 0.15) is 11.6 Å². The van der Waals surface area contributed by atoms with Gasteiger partial charge >= 0.3 is 12.3 Å². The zero-order chi connectivity index (χ0) is 22.6. The highest BCUT2D eigenvalue weighted by atomic mass is 19.4. The van der Waals surface area contributed by atoms with Crippen LogP contribution in [0.3, 0.4) is 0 Å². The molecule has 0 bridgehead atoms. The van der Waals surface area contributed by atoms with Gasteiger partial charge < -0.3 is 19.4 Å². The topological polar surface area (TPSA) is 83.4 Å². The highest BCUT2D eigenvalue weighted by Gasteiger charge is 2.31. The second kappa shape index (κ2) is 7.27. The summed E-state index contributed by atoms with van der Waals surface area (Å²) in [5, 5.41) is 9.94. The molecule has 10 heteroatoms. The summed E-state index contributed by atoms with van der Waals surface area (Å²) < 4.78 is 43.8. The third-order valence-electron chi connectivity index (χ3n) is 5.84. The van der Waals surface area contributed by atoms with Crippen LogP contribution in [0.4, 0.5) is 13.2 Å². The number of carboxylic acid groups (broad SMARTS) is 1. The Kier molecular flexibility index (Phi) is 4.63. The molecule has 2 aromatic carbocycles. The molecule has 7 nitrogen and oxygen atoms in total. The average molecular weight is 444 g/mol. The van der Waals surface area contributed by atoms with Crippen molar-refractivity contribution in [2.24, 2.45) is 7.05 Å². The van der Waals surface area contributed by atoms with Gasteiger partial charge in [-0.2, -0.15) is 0 Å². The Morgan fingerprint density at radius 1 is 1.25 bits per heavy atom. The van der Waals surface area contributed by atoms with E-state index >= 15 is 0 Å². The number of nitrogens with one attached hydrogen (secondary N) is 1. The monoisotopic (exact) mass is 444 g/mol. The number of carbonyl (C=O) groups is 1. The van der Waals surface area contributed by atoms with Crippen molar-refractivity contribution in [3.8, 4) is 5.75 Å². The van der Waals surface area contributed by atoms with Crippen LogP contribution in [0.15, 0.2) is 36.4 Å². The van der Waals surface area contributed by atoms with Crippen LogP contribution in [0.1, 0.15) is 27.4 Å². The van der Waals surface area contributed by atoms with E-state index in [0.717, 1.165) is 41.1 Å². The number of hydrogen-bond acceptors (Lipinski definition) is 4. The lowest BCUT2D eigenvalue weighted by Gasteiger charge is -2.26. The molecule has 0 aliphatic carbocycles. The molecular formula is C22H19F3N4O3. The van der Waals surface area contributed by atoms with Crippen molar-refractivity contribution < 1.29 is 27.8 Å². The van der Waals surface area contributed by atoms with Crippen LogP contribution in [0.5, 0.6) is 5.75 Å². The summed E-state index contributed by atoms with van der Waals surface area (Å²) in [6, 6.07) is 9.15. The Labute approximate surface area is 180 Å². The maximum absolute atomic E-state index is 12.6. The van der Waals surface area contributed by atoms with E-state index < -0.39 is 12.3 Å². The summed E-state index contributed by atoms with van der Waals surface area (Å²) in [4.78, 5) is 21.4. The minimum atomic E-state index is -4.74. The molecule has 0 saturated heterocycles. The van der Waals surface area contributed by atoms with E-state index in [2.05, 4.69) is 19.6 Å². The number of ether oxygens (including phenoxy) is 1. The van der Waals surface area contributed by atoms with E-state index in [9.17, 15) is 23.1 Å². The highest BCUT2D eigenvalue weighted by Crippen LogP contribution is 2.33. The number of aromatic amines is 1. The third-order valence-corrected chi connectivity index (χ3v) is 5.84. The van der Waals surface area contributed by atoms with Gasteiger partial charge in [0, 0.05) is 43.2 Å². The molecule has 0 saturated carbocycles. The van der Waals surface area contributed by atoms with Crippen LogP contribution in [0.2, 0.25) is 0 Å². The largest absolute Gasteiger partial charge is 0.573 e. The predicted molar refractivity (Wildman–Crippen MR) is 110 cm³/mol. The Morgan fingerprint density at radius 2 is 2.06 bits per heavy atom. The van der Waals surface area contributed by atoms with E-state index in [1.165, 1.54) is 18.2 Å². The van der Waals surface area contributed by atoms with Crippen molar-refractivity contribution in [1.82, 2.24) is 19.4 Å². The number of fused-ring (bicyclic) bond motifs is 4. The van der Waals surface area contributed by atoms with Gasteiger partial charge in [0.15, 0.2) is 0 Å². The van der Waals surface area contributed by atoms with Crippen LogP contribution in [-0.4, -0.2) is 43.4 Å². The Hall–Kier alpha value is -3.53. The van der Waals surface area contributed by atoms with Crippen molar-refractivity contribution in [2.75, 3.05) is 6.54 Å². The molecule has 0 unspecified atom stereocenters. The quantitative estimate of drug-likeness (QED) is 0.493. The molecule has 2 N–H and O–H groups in total. The van der Waals surface area contributed by atoms with Crippen LogP contribution in [-0.2, 0) is 26.6 Å². The zero-order valence-corrected chi connectivity index (χ0v) is 17.0. The van der Waals surface area contributed by atoms with Crippen LogP contribution >= 0.6 is 0 Å². The Morgan fingerprint density at radius 3 is 2.81 bits per heavy atom. The molecule has 2 aromatic heterocycles. The lowest BCUT2D eigenvalue weighted by molar-refractivity contribution is -0.274.